The number of hydrogen-bond donors (Lipinski definition) is 1. The lowest BCUT2D eigenvalue weighted by Crippen LogP contribution is -2.35. The third kappa shape index (κ3) is 3.21. The third-order valence-electron chi connectivity index (χ3n) is 5.30. The standard InChI is InChI=1S/C23H21N5/c1-2-11-25-20(8-1)18-6-3-7-19(13-18)23-22-21(26-16-27-22)9-12-28(23)15-17-5-4-10-24-14-17/h1-8,10-11,13-14,16,23H,9,12,15H2,(H,26,27). The zero-order valence-electron chi connectivity index (χ0n) is 15.5. The highest BCUT2D eigenvalue weighted by Gasteiger charge is 2.31. The molecule has 0 bridgehead atoms. The maximum Gasteiger partial charge on any atom is 0.0926 e. The van der Waals surface area contributed by atoms with Gasteiger partial charge in [-0.3, -0.25) is 14.9 Å². The second-order valence-corrected chi connectivity index (χ2v) is 7.09. The largest absolute Gasteiger partial charge is 0.348 e. The van der Waals surface area contributed by atoms with Gasteiger partial charge in [-0.05, 0) is 35.4 Å². The molecule has 0 fully saturated rings. The number of pyridine rings is 2. The number of imidazole rings is 1. The monoisotopic (exact) mass is 367 g/mol. The van der Waals surface area contributed by atoms with Crippen molar-refractivity contribution >= 4 is 0 Å². The molecule has 0 radical (unpaired) electrons. The van der Waals surface area contributed by atoms with Crippen molar-refractivity contribution in [1.82, 2.24) is 24.8 Å². The molecule has 1 unspecified atom stereocenters. The van der Waals surface area contributed by atoms with E-state index in [1.807, 2.05) is 49.2 Å². The number of aromatic amines is 1. The van der Waals surface area contributed by atoms with Crippen molar-refractivity contribution in [1.29, 1.82) is 0 Å². The van der Waals surface area contributed by atoms with Crippen LogP contribution in [0.2, 0.25) is 0 Å². The molecule has 5 nitrogen and oxygen atoms in total. The van der Waals surface area contributed by atoms with Gasteiger partial charge in [0.1, 0.15) is 0 Å². The van der Waals surface area contributed by atoms with Crippen LogP contribution in [-0.2, 0) is 13.0 Å². The van der Waals surface area contributed by atoms with Gasteiger partial charge in [-0.25, -0.2) is 4.98 Å². The Morgan fingerprint density at radius 3 is 2.86 bits per heavy atom. The molecule has 4 heterocycles. The number of rotatable bonds is 4. The van der Waals surface area contributed by atoms with Crippen LogP contribution in [0.1, 0.15) is 28.6 Å². The number of aromatic nitrogens is 4. The van der Waals surface area contributed by atoms with E-state index in [9.17, 15) is 0 Å². The van der Waals surface area contributed by atoms with E-state index >= 15 is 0 Å². The van der Waals surface area contributed by atoms with E-state index in [1.54, 1.807) is 0 Å². The average molecular weight is 367 g/mol. The van der Waals surface area contributed by atoms with Crippen LogP contribution in [-0.4, -0.2) is 31.4 Å². The molecule has 1 aliphatic heterocycles. The maximum absolute atomic E-state index is 4.68. The molecule has 5 rings (SSSR count). The van der Waals surface area contributed by atoms with Crippen LogP contribution in [0.5, 0.6) is 0 Å². The minimum absolute atomic E-state index is 0.110. The lowest BCUT2D eigenvalue weighted by molar-refractivity contribution is 0.200. The molecule has 0 saturated heterocycles. The zero-order valence-corrected chi connectivity index (χ0v) is 15.5. The second kappa shape index (κ2) is 7.37. The van der Waals surface area contributed by atoms with Crippen molar-refractivity contribution in [2.45, 2.75) is 19.0 Å². The number of hydrogen-bond acceptors (Lipinski definition) is 4. The van der Waals surface area contributed by atoms with E-state index in [1.165, 1.54) is 16.8 Å². The quantitative estimate of drug-likeness (QED) is 0.592. The fourth-order valence-electron chi connectivity index (χ4n) is 3.99. The molecule has 1 aliphatic rings. The molecule has 0 aliphatic carbocycles. The van der Waals surface area contributed by atoms with Crippen molar-refractivity contribution in [2.75, 3.05) is 6.54 Å². The topological polar surface area (TPSA) is 57.7 Å². The van der Waals surface area contributed by atoms with Gasteiger partial charge in [-0.15, -0.1) is 0 Å². The third-order valence-corrected chi connectivity index (χ3v) is 5.30. The van der Waals surface area contributed by atoms with Crippen molar-refractivity contribution in [3.8, 4) is 11.3 Å². The summed E-state index contributed by atoms with van der Waals surface area (Å²) in [5, 5.41) is 0. The molecule has 5 heteroatoms. The number of benzene rings is 1. The predicted octanol–water partition coefficient (Wildman–Crippen LogP) is 4.01. The van der Waals surface area contributed by atoms with Gasteiger partial charge >= 0.3 is 0 Å². The molecule has 1 atom stereocenters. The average Bonchev–Trinajstić information content (AvgIpc) is 3.24. The van der Waals surface area contributed by atoms with Crippen molar-refractivity contribution in [3.63, 3.8) is 0 Å². The molecule has 1 N–H and O–H groups in total. The summed E-state index contributed by atoms with van der Waals surface area (Å²) in [5.74, 6) is 0. The molecular formula is C23H21N5. The molecular weight excluding hydrogens is 346 g/mol. The minimum Gasteiger partial charge on any atom is -0.348 e. The van der Waals surface area contributed by atoms with E-state index < -0.39 is 0 Å². The van der Waals surface area contributed by atoms with Gasteiger partial charge in [0.25, 0.3) is 0 Å². The molecule has 0 spiro atoms. The fraction of sp³-hybridized carbons (Fsp3) is 0.174. The minimum atomic E-state index is 0.110. The van der Waals surface area contributed by atoms with Crippen molar-refractivity contribution < 1.29 is 0 Å². The Bertz CT molecular complexity index is 1060. The van der Waals surface area contributed by atoms with Gasteiger partial charge in [0.15, 0.2) is 0 Å². The molecule has 0 saturated carbocycles. The molecule has 1 aromatic carbocycles. The van der Waals surface area contributed by atoms with Crippen molar-refractivity contribution in [3.05, 3.63) is 102 Å². The van der Waals surface area contributed by atoms with Crippen LogP contribution in [0.4, 0.5) is 0 Å². The SMILES string of the molecule is c1ccc(-c2cccc(C3c4nc[nH]c4CCN3Cc3cccnc3)c2)nc1. The zero-order chi connectivity index (χ0) is 18.8. The second-order valence-electron chi connectivity index (χ2n) is 7.09. The smallest absolute Gasteiger partial charge is 0.0926 e. The Hall–Kier alpha value is -3.31. The normalized spacial score (nSPS) is 16.6. The van der Waals surface area contributed by atoms with Gasteiger partial charge < -0.3 is 4.98 Å². The highest BCUT2D eigenvalue weighted by molar-refractivity contribution is 5.60. The van der Waals surface area contributed by atoms with E-state index in [0.29, 0.717) is 0 Å². The summed E-state index contributed by atoms with van der Waals surface area (Å²) in [6, 6.07) is 18.9. The first kappa shape index (κ1) is 16.8. The van der Waals surface area contributed by atoms with Crippen LogP contribution in [0.3, 0.4) is 0 Å². The molecule has 4 aromatic rings. The number of fused-ring (bicyclic) bond motifs is 1. The summed E-state index contributed by atoms with van der Waals surface area (Å²) >= 11 is 0. The van der Waals surface area contributed by atoms with E-state index in [-0.39, 0.29) is 6.04 Å². The van der Waals surface area contributed by atoms with E-state index in [0.717, 1.165) is 36.5 Å². The van der Waals surface area contributed by atoms with Crippen LogP contribution in [0, 0.1) is 0 Å². The first-order valence-electron chi connectivity index (χ1n) is 9.55. The fourth-order valence-corrected chi connectivity index (χ4v) is 3.99. The van der Waals surface area contributed by atoms with Gasteiger partial charge in [-0.1, -0.05) is 30.3 Å². The Morgan fingerprint density at radius 2 is 2.00 bits per heavy atom. The number of nitrogens with zero attached hydrogens (tertiary/aromatic N) is 4. The highest BCUT2D eigenvalue weighted by atomic mass is 15.2. The Morgan fingerprint density at radius 1 is 1.00 bits per heavy atom. The predicted molar refractivity (Wildman–Crippen MR) is 108 cm³/mol. The number of H-pyrrole nitrogens is 1. The molecule has 0 amide bonds. The number of nitrogens with one attached hydrogen (secondary N) is 1. The first-order valence-corrected chi connectivity index (χ1v) is 9.55. The van der Waals surface area contributed by atoms with Crippen LogP contribution < -0.4 is 0 Å². The Kier molecular flexibility index (Phi) is 4.43. The van der Waals surface area contributed by atoms with Gasteiger partial charge in [0.2, 0.25) is 0 Å². The summed E-state index contributed by atoms with van der Waals surface area (Å²) in [5.41, 5.74) is 6.92. The van der Waals surface area contributed by atoms with Crippen LogP contribution in [0.25, 0.3) is 11.3 Å². The lowest BCUT2D eigenvalue weighted by atomic mass is 9.93. The van der Waals surface area contributed by atoms with E-state index in [2.05, 4.69) is 55.2 Å². The molecule has 138 valence electrons. The summed E-state index contributed by atoms with van der Waals surface area (Å²) in [7, 11) is 0. The van der Waals surface area contributed by atoms with Gasteiger partial charge in [0.05, 0.1) is 23.8 Å². The highest BCUT2D eigenvalue weighted by Crippen LogP contribution is 2.35. The van der Waals surface area contributed by atoms with Crippen LogP contribution in [0.15, 0.2) is 79.5 Å². The Balaban J connectivity index is 1.55. The van der Waals surface area contributed by atoms with E-state index in [4.69, 9.17) is 0 Å². The first-order chi connectivity index (χ1) is 13.9. The summed E-state index contributed by atoms with van der Waals surface area (Å²) in [6.07, 6.45) is 8.39. The van der Waals surface area contributed by atoms with Crippen LogP contribution >= 0.6 is 0 Å². The van der Waals surface area contributed by atoms with Gasteiger partial charge in [-0.2, -0.15) is 0 Å². The lowest BCUT2D eigenvalue weighted by Gasteiger charge is -2.35. The maximum atomic E-state index is 4.68. The van der Waals surface area contributed by atoms with Gasteiger partial charge in [0, 0.05) is 49.4 Å². The summed E-state index contributed by atoms with van der Waals surface area (Å²) in [4.78, 5) is 19.3. The Labute approximate surface area is 164 Å². The summed E-state index contributed by atoms with van der Waals surface area (Å²) < 4.78 is 0. The molecule has 3 aromatic heterocycles. The summed E-state index contributed by atoms with van der Waals surface area (Å²) in [6.45, 7) is 1.82. The van der Waals surface area contributed by atoms with Crippen molar-refractivity contribution in [2.24, 2.45) is 0 Å². The molecule has 28 heavy (non-hydrogen) atoms.